The molecule has 2 fully saturated rings. The maximum atomic E-state index is 12.4. The predicted molar refractivity (Wildman–Crippen MR) is 99.2 cm³/mol. The standard InChI is InChI=1S/C16H16N4O5S2/c1-3-16(2)13(23)20(14(24)17-16)18-11(21)8-19-12(22)10(27-15(19)25)7-9-5-4-6-26-9/h4-7H,3,8H2,1-2H3,(H,17,24)(H,18,21)/b10-7+. The van der Waals surface area contributed by atoms with Gasteiger partial charge in [-0.05, 0) is 42.6 Å². The lowest BCUT2D eigenvalue weighted by Gasteiger charge is -2.20. The molecular weight excluding hydrogens is 392 g/mol. The highest BCUT2D eigenvalue weighted by Crippen LogP contribution is 2.32. The van der Waals surface area contributed by atoms with E-state index >= 15 is 0 Å². The Bertz CT molecular complexity index is 866. The third kappa shape index (κ3) is 3.60. The molecule has 27 heavy (non-hydrogen) atoms. The minimum absolute atomic E-state index is 0.212. The molecular formula is C16H16N4O5S2. The van der Waals surface area contributed by atoms with Crippen molar-refractivity contribution in [3.05, 3.63) is 27.3 Å². The highest BCUT2D eigenvalue weighted by Gasteiger charge is 2.48. The van der Waals surface area contributed by atoms with Crippen LogP contribution >= 0.6 is 23.1 Å². The van der Waals surface area contributed by atoms with E-state index in [1.807, 2.05) is 11.4 Å². The number of carbonyl (C=O) groups excluding carboxylic acids is 5. The average molecular weight is 408 g/mol. The van der Waals surface area contributed by atoms with Crippen LogP contribution in [-0.2, 0) is 14.4 Å². The van der Waals surface area contributed by atoms with Gasteiger partial charge in [-0.1, -0.05) is 13.0 Å². The summed E-state index contributed by atoms with van der Waals surface area (Å²) in [7, 11) is 0. The van der Waals surface area contributed by atoms with Gasteiger partial charge in [0.25, 0.3) is 23.0 Å². The third-order valence-electron chi connectivity index (χ3n) is 4.20. The van der Waals surface area contributed by atoms with Crippen molar-refractivity contribution in [3.8, 4) is 0 Å². The second-order valence-electron chi connectivity index (χ2n) is 6.07. The molecule has 3 rings (SSSR count). The van der Waals surface area contributed by atoms with Gasteiger partial charge in [-0.3, -0.25) is 29.5 Å². The summed E-state index contributed by atoms with van der Waals surface area (Å²) in [6.07, 6.45) is 1.93. The summed E-state index contributed by atoms with van der Waals surface area (Å²) in [5.41, 5.74) is 1.06. The van der Waals surface area contributed by atoms with Crippen LogP contribution in [0.1, 0.15) is 25.1 Å². The highest BCUT2D eigenvalue weighted by molar-refractivity contribution is 8.18. The van der Waals surface area contributed by atoms with Gasteiger partial charge in [-0.15, -0.1) is 11.3 Å². The molecule has 0 spiro atoms. The van der Waals surface area contributed by atoms with Gasteiger partial charge < -0.3 is 5.32 Å². The Kier molecular flexibility index (Phi) is 5.07. The summed E-state index contributed by atoms with van der Waals surface area (Å²) in [6, 6.07) is 2.86. The van der Waals surface area contributed by atoms with Gasteiger partial charge >= 0.3 is 6.03 Å². The molecule has 3 heterocycles. The quantitative estimate of drug-likeness (QED) is 0.564. The van der Waals surface area contributed by atoms with Crippen molar-refractivity contribution in [1.82, 2.24) is 20.7 Å². The molecule has 2 aliphatic heterocycles. The van der Waals surface area contributed by atoms with Crippen molar-refractivity contribution in [2.24, 2.45) is 0 Å². The maximum Gasteiger partial charge on any atom is 0.344 e. The number of thioether (sulfide) groups is 1. The number of thiophene rings is 1. The lowest BCUT2D eigenvalue weighted by Crippen LogP contribution is -2.51. The van der Waals surface area contributed by atoms with Crippen molar-refractivity contribution in [2.75, 3.05) is 6.54 Å². The number of hydrazine groups is 1. The van der Waals surface area contributed by atoms with E-state index in [9.17, 15) is 24.0 Å². The Morgan fingerprint density at radius 2 is 2.07 bits per heavy atom. The fourth-order valence-corrected chi connectivity index (χ4v) is 4.03. The van der Waals surface area contributed by atoms with Crippen LogP contribution in [0.3, 0.4) is 0 Å². The predicted octanol–water partition coefficient (Wildman–Crippen LogP) is 1.54. The van der Waals surface area contributed by atoms with Gasteiger partial charge in [0, 0.05) is 4.88 Å². The number of imide groups is 2. The molecule has 9 nitrogen and oxygen atoms in total. The number of rotatable bonds is 5. The maximum absolute atomic E-state index is 12.4. The lowest BCUT2D eigenvalue weighted by molar-refractivity contribution is -0.139. The number of urea groups is 1. The van der Waals surface area contributed by atoms with E-state index in [2.05, 4.69) is 10.7 Å². The van der Waals surface area contributed by atoms with E-state index in [-0.39, 0.29) is 4.91 Å². The summed E-state index contributed by atoms with van der Waals surface area (Å²) in [5, 5.41) is 4.32. The van der Waals surface area contributed by atoms with Crippen LogP contribution in [0, 0.1) is 0 Å². The smallest absolute Gasteiger partial charge is 0.322 e. The summed E-state index contributed by atoms with van der Waals surface area (Å²) in [6.45, 7) is 2.68. The van der Waals surface area contributed by atoms with Crippen LogP contribution in [0.2, 0.25) is 0 Å². The zero-order chi connectivity index (χ0) is 19.8. The minimum atomic E-state index is -1.10. The summed E-state index contributed by atoms with van der Waals surface area (Å²) in [4.78, 5) is 62.6. The molecule has 0 bridgehead atoms. The molecule has 0 aliphatic carbocycles. The van der Waals surface area contributed by atoms with E-state index in [1.54, 1.807) is 26.0 Å². The van der Waals surface area contributed by atoms with E-state index in [4.69, 9.17) is 0 Å². The van der Waals surface area contributed by atoms with Crippen molar-refractivity contribution in [2.45, 2.75) is 25.8 Å². The number of amides is 6. The molecule has 142 valence electrons. The molecule has 11 heteroatoms. The van der Waals surface area contributed by atoms with Crippen LogP contribution in [0.4, 0.5) is 9.59 Å². The topological polar surface area (TPSA) is 116 Å². The Morgan fingerprint density at radius 1 is 1.33 bits per heavy atom. The lowest BCUT2D eigenvalue weighted by atomic mass is 10.00. The first-order chi connectivity index (χ1) is 12.7. The molecule has 1 atom stereocenters. The summed E-state index contributed by atoms with van der Waals surface area (Å²) >= 11 is 2.15. The average Bonchev–Trinajstić information content (AvgIpc) is 3.28. The second kappa shape index (κ2) is 7.16. The van der Waals surface area contributed by atoms with Crippen LogP contribution in [0.25, 0.3) is 6.08 Å². The van der Waals surface area contributed by atoms with Crippen LogP contribution < -0.4 is 10.7 Å². The first kappa shape index (κ1) is 19.1. The third-order valence-corrected chi connectivity index (χ3v) is 5.92. The SMILES string of the molecule is CCC1(C)NC(=O)N(NC(=O)CN2C(=O)S/C(=C/c3cccs3)C2=O)C1=O. The summed E-state index contributed by atoms with van der Waals surface area (Å²) in [5.74, 6) is -2.02. The van der Waals surface area contributed by atoms with Gasteiger partial charge in [0.1, 0.15) is 12.1 Å². The van der Waals surface area contributed by atoms with Crippen LogP contribution in [0.15, 0.2) is 22.4 Å². The van der Waals surface area contributed by atoms with Gasteiger partial charge in [0.15, 0.2) is 0 Å². The Labute approximate surface area is 162 Å². The molecule has 2 N–H and O–H groups in total. The van der Waals surface area contributed by atoms with Gasteiger partial charge in [0.2, 0.25) is 0 Å². The first-order valence-electron chi connectivity index (χ1n) is 8.00. The number of carbonyl (C=O) groups is 5. The van der Waals surface area contributed by atoms with Crippen molar-refractivity contribution in [3.63, 3.8) is 0 Å². The first-order valence-corrected chi connectivity index (χ1v) is 9.70. The monoisotopic (exact) mass is 408 g/mol. The molecule has 6 amide bonds. The molecule has 1 aromatic heterocycles. The Hall–Kier alpha value is -2.66. The number of hydrogen-bond acceptors (Lipinski definition) is 7. The molecule has 2 saturated heterocycles. The van der Waals surface area contributed by atoms with Gasteiger partial charge in [0.05, 0.1) is 4.91 Å². The molecule has 1 aromatic rings. The zero-order valence-corrected chi connectivity index (χ0v) is 16.1. The normalized spacial score (nSPS) is 24.1. The van der Waals surface area contributed by atoms with Crippen molar-refractivity contribution < 1.29 is 24.0 Å². The molecule has 2 aliphatic rings. The van der Waals surface area contributed by atoms with Crippen molar-refractivity contribution in [1.29, 1.82) is 0 Å². The molecule has 0 aromatic carbocycles. The van der Waals surface area contributed by atoms with Crippen molar-refractivity contribution >= 4 is 58.2 Å². The van der Waals surface area contributed by atoms with Crippen LogP contribution in [-0.4, -0.2) is 51.0 Å². The fraction of sp³-hybridized carbons (Fsp3) is 0.312. The Morgan fingerprint density at radius 3 is 2.67 bits per heavy atom. The van der Waals surface area contributed by atoms with Gasteiger partial charge in [-0.2, -0.15) is 5.01 Å². The fourth-order valence-electron chi connectivity index (χ4n) is 2.47. The zero-order valence-electron chi connectivity index (χ0n) is 14.5. The van der Waals surface area contributed by atoms with E-state index in [0.717, 1.165) is 21.5 Å². The summed E-state index contributed by atoms with van der Waals surface area (Å²) < 4.78 is 0. The molecule has 0 saturated carbocycles. The Balaban J connectivity index is 1.66. The molecule has 0 radical (unpaired) electrons. The number of nitrogens with zero attached hydrogens (tertiary/aromatic N) is 2. The molecule has 1 unspecified atom stereocenters. The van der Waals surface area contributed by atoms with Crippen LogP contribution in [0.5, 0.6) is 0 Å². The van der Waals surface area contributed by atoms with E-state index in [1.165, 1.54) is 11.3 Å². The number of nitrogens with one attached hydrogen (secondary N) is 2. The minimum Gasteiger partial charge on any atom is -0.322 e. The highest BCUT2D eigenvalue weighted by atomic mass is 32.2. The second-order valence-corrected chi connectivity index (χ2v) is 8.05. The largest absolute Gasteiger partial charge is 0.344 e. The van der Waals surface area contributed by atoms with E-state index in [0.29, 0.717) is 11.4 Å². The van der Waals surface area contributed by atoms with Gasteiger partial charge in [-0.25, -0.2) is 4.79 Å². The number of hydrogen-bond donors (Lipinski definition) is 2. The van der Waals surface area contributed by atoms with E-state index < -0.39 is 41.1 Å².